The predicted octanol–water partition coefficient (Wildman–Crippen LogP) is 4.28. The van der Waals surface area contributed by atoms with Crippen LogP contribution in [-0.2, 0) is 9.47 Å². The van der Waals surface area contributed by atoms with Gasteiger partial charge in [-0.05, 0) is 36.8 Å². The van der Waals surface area contributed by atoms with Crippen LogP contribution in [0.25, 0.3) is 16.9 Å². The number of hydrogen-bond donors (Lipinski definition) is 0. The molecule has 0 unspecified atom stereocenters. The van der Waals surface area contributed by atoms with Gasteiger partial charge in [0, 0.05) is 10.9 Å². The molecule has 0 saturated heterocycles. The van der Waals surface area contributed by atoms with E-state index in [0.29, 0.717) is 29.4 Å². The van der Waals surface area contributed by atoms with E-state index in [9.17, 15) is 9.59 Å². The Balaban J connectivity index is 2.20. The maximum Gasteiger partial charge on any atom is 0.357 e. The molecular weight excluding hydrogens is 480 g/mol. The van der Waals surface area contributed by atoms with Gasteiger partial charge in [-0.3, -0.25) is 0 Å². The van der Waals surface area contributed by atoms with Gasteiger partial charge in [-0.1, -0.05) is 34.1 Å². The quantitative estimate of drug-likeness (QED) is 0.245. The molecule has 0 N–H and O–H groups in total. The third-order valence-corrected chi connectivity index (χ3v) is 5.19. The molecule has 2 aromatic carbocycles. The number of methoxy groups -OCH3 is 3. The number of carbonyl (C=O) groups excluding carboxylic acids is 2. The second kappa shape index (κ2) is 10.8. The highest BCUT2D eigenvalue weighted by atomic mass is 79.9. The first-order chi connectivity index (χ1) is 15.5. The molecule has 0 bridgehead atoms. The maximum atomic E-state index is 12.7. The number of esters is 2. The number of benzene rings is 2. The van der Waals surface area contributed by atoms with Gasteiger partial charge in [-0.15, -0.1) is 0 Å². The van der Waals surface area contributed by atoms with E-state index >= 15 is 0 Å². The van der Waals surface area contributed by atoms with E-state index in [1.807, 2.05) is 6.07 Å². The van der Waals surface area contributed by atoms with Crippen molar-refractivity contribution in [2.75, 3.05) is 33.3 Å². The van der Waals surface area contributed by atoms with Gasteiger partial charge in [0.1, 0.15) is 11.3 Å². The molecule has 32 heavy (non-hydrogen) atoms. The van der Waals surface area contributed by atoms with Gasteiger partial charge in [-0.2, -0.15) is 5.10 Å². The monoisotopic (exact) mass is 502 g/mol. The van der Waals surface area contributed by atoms with E-state index in [4.69, 9.17) is 18.9 Å². The average molecular weight is 503 g/mol. The highest BCUT2D eigenvalue weighted by Crippen LogP contribution is 2.35. The van der Waals surface area contributed by atoms with Crippen LogP contribution in [-0.4, -0.2) is 55.0 Å². The third-order valence-electron chi connectivity index (χ3n) is 4.63. The van der Waals surface area contributed by atoms with Gasteiger partial charge in [-0.25, -0.2) is 14.3 Å². The minimum Gasteiger partial charge on any atom is -0.493 e. The van der Waals surface area contributed by atoms with Crippen molar-refractivity contribution >= 4 is 27.9 Å². The lowest BCUT2D eigenvalue weighted by Gasteiger charge is -2.11. The summed E-state index contributed by atoms with van der Waals surface area (Å²) in [5, 5.41) is 5.40. The fraction of sp³-hybridized carbons (Fsp3) is 0.261. The molecule has 168 valence electrons. The molecule has 0 radical (unpaired) electrons. The Labute approximate surface area is 194 Å². The highest BCUT2D eigenvalue weighted by molar-refractivity contribution is 9.09. The molecule has 0 atom stereocenters. The van der Waals surface area contributed by atoms with Crippen LogP contribution in [0.3, 0.4) is 0 Å². The standard InChI is InChI=1S/C23H23BrN2O6/c1-29-18-14-15(10-11-17(18)32-13-7-12-24)20-19(22(27)30-2)21(23(28)31-3)26(25-20)16-8-5-4-6-9-16/h4-6,8-11,14H,7,12-13H2,1-3H3. The van der Waals surface area contributed by atoms with Crippen LogP contribution >= 0.6 is 15.9 Å². The van der Waals surface area contributed by atoms with Crippen LogP contribution in [0.15, 0.2) is 48.5 Å². The molecule has 3 aromatic rings. The Morgan fingerprint density at radius 2 is 1.69 bits per heavy atom. The van der Waals surface area contributed by atoms with Crippen LogP contribution in [0.5, 0.6) is 11.5 Å². The van der Waals surface area contributed by atoms with Gasteiger partial charge in [0.05, 0.1) is 33.6 Å². The Morgan fingerprint density at radius 1 is 0.969 bits per heavy atom. The molecule has 9 heteroatoms. The Hall–Kier alpha value is -3.33. The number of rotatable bonds is 9. The molecule has 0 saturated carbocycles. The summed E-state index contributed by atoms with van der Waals surface area (Å²) in [7, 11) is 4.02. The summed E-state index contributed by atoms with van der Waals surface area (Å²) in [5.41, 5.74) is 1.36. The zero-order chi connectivity index (χ0) is 23.1. The van der Waals surface area contributed by atoms with Crippen molar-refractivity contribution in [1.29, 1.82) is 0 Å². The van der Waals surface area contributed by atoms with Gasteiger partial charge in [0.25, 0.3) is 0 Å². The van der Waals surface area contributed by atoms with E-state index in [2.05, 4.69) is 21.0 Å². The first-order valence-corrected chi connectivity index (χ1v) is 10.9. The minimum absolute atomic E-state index is 0.00165. The maximum absolute atomic E-state index is 12.7. The molecule has 0 aliphatic rings. The number of halogens is 1. The van der Waals surface area contributed by atoms with Crippen molar-refractivity contribution in [2.24, 2.45) is 0 Å². The topological polar surface area (TPSA) is 88.9 Å². The van der Waals surface area contributed by atoms with Crippen LogP contribution in [0, 0.1) is 0 Å². The van der Waals surface area contributed by atoms with E-state index in [1.54, 1.807) is 42.5 Å². The van der Waals surface area contributed by atoms with Crippen LogP contribution in [0.1, 0.15) is 27.3 Å². The first-order valence-electron chi connectivity index (χ1n) is 9.77. The molecule has 0 aliphatic carbocycles. The smallest absolute Gasteiger partial charge is 0.357 e. The molecule has 0 aliphatic heterocycles. The molecule has 1 aromatic heterocycles. The molecule has 8 nitrogen and oxygen atoms in total. The van der Waals surface area contributed by atoms with E-state index in [0.717, 1.165) is 11.8 Å². The largest absolute Gasteiger partial charge is 0.493 e. The van der Waals surface area contributed by atoms with Crippen molar-refractivity contribution in [2.45, 2.75) is 6.42 Å². The number of hydrogen-bond acceptors (Lipinski definition) is 7. The number of alkyl halides is 1. The zero-order valence-corrected chi connectivity index (χ0v) is 19.5. The number of para-hydroxylation sites is 1. The Morgan fingerprint density at radius 3 is 2.31 bits per heavy atom. The normalized spacial score (nSPS) is 10.5. The molecule has 0 spiro atoms. The molecular formula is C23H23BrN2O6. The van der Waals surface area contributed by atoms with E-state index < -0.39 is 11.9 Å². The lowest BCUT2D eigenvalue weighted by molar-refractivity contribution is 0.0549. The molecule has 1 heterocycles. The third kappa shape index (κ3) is 4.77. The zero-order valence-electron chi connectivity index (χ0n) is 18.0. The summed E-state index contributed by atoms with van der Waals surface area (Å²) in [6.07, 6.45) is 0.835. The average Bonchev–Trinajstić information content (AvgIpc) is 3.24. The van der Waals surface area contributed by atoms with Crippen molar-refractivity contribution in [1.82, 2.24) is 9.78 Å². The van der Waals surface area contributed by atoms with Crippen molar-refractivity contribution < 1.29 is 28.5 Å². The highest BCUT2D eigenvalue weighted by Gasteiger charge is 2.31. The minimum atomic E-state index is -0.713. The number of ether oxygens (including phenoxy) is 4. The summed E-state index contributed by atoms with van der Waals surface area (Å²) in [6, 6.07) is 14.2. The summed E-state index contributed by atoms with van der Waals surface area (Å²) < 4.78 is 22.5. The number of carbonyl (C=O) groups is 2. The van der Waals surface area contributed by atoms with Gasteiger partial charge >= 0.3 is 11.9 Å². The van der Waals surface area contributed by atoms with Gasteiger partial charge in [0.2, 0.25) is 0 Å². The van der Waals surface area contributed by atoms with Crippen molar-refractivity contribution in [3.63, 3.8) is 0 Å². The van der Waals surface area contributed by atoms with Crippen LogP contribution in [0.4, 0.5) is 0 Å². The summed E-state index contributed by atoms with van der Waals surface area (Å²) in [6.45, 7) is 0.517. The lowest BCUT2D eigenvalue weighted by atomic mass is 10.0. The summed E-state index contributed by atoms with van der Waals surface area (Å²) in [4.78, 5) is 25.4. The van der Waals surface area contributed by atoms with Gasteiger partial charge < -0.3 is 18.9 Å². The predicted molar refractivity (Wildman–Crippen MR) is 122 cm³/mol. The molecule has 3 rings (SSSR count). The first kappa shape index (κ1) is 23.3. The summed E-state index contributed by atoms with van der Waals surface area (Å²) >= 11 is 3.37. The molecule has 0 fully saturated rings. The van der Waals surface area contributed by atoms with E-state index in [1.165, 1.54) is 26.0 Å². The van der Waals surface area contributed by atoms with Crippen LogP contribution < -0.4 is 9.47 Å². The fourth-order valence-electron chi connectivity index (χ4n) is 3.13. The fourth-order valence-corrected chi connectivity index (χ4v) is 3.36. The lowest BCUT2D eigenvalue weighted by Crippen LogP contribution is -2.15. The van der Waals surface area contributed by atoms with Gasteiger partial charge in [0.15, 0.2) is 17.2 Å². The Kier molecular flexibility index (Phi) is 7.88. The number of nitrogens with zero attached hydrogens (tertiary/aromatic N) is 2. The second-order valence-electron chi connectivity index (χ2n) is 6.56. The Bertz CT molecular complexity index is 1100. The molecule has 0 amide bonds. The van der Waals surface area contributed by atoms with Crippen LogP contribution in [0.2, 0.25) is 0 Å². The van der Waals surface area contributed by atoms with Crippen molar-refractivity contribution in [3.05, 3.63) is 59.8 Å². The van der Waals surface area contributed by atoms with Crippen molar-refractivity contribution in [3.8, 4) is 28.4 Å². The number of aromatic nitrogens is 2. The summed E-state index contributed by atoms with van der Waals surface area (Å²) in [5.74, 6) is -0.386. The van der Waals surface area contributed by atoms with E-state index in [-0.39, 0.29) is 17.0 Å². The second-order valence-corrected chi connectivity index (χ2v) is 7.35. The SMILES string of the molecule is COC(=O)c1c(-c2ccc(OCCCBr)c(OC)c2)nn(-c2ccccc2)c1C(=O)OC.